The molecule has 0 aromatic heterocycles. The fourth-order valence-electron chi connectivity index (χ4n) is 1.37. The normalized spacial score (nSPS) is 18.2. The van der Waals surface area contributed by atoms with Gasteiger partial charge in [0.05, 0.1) is 0 Å². The Morgan fingerprint density at radius 3 is 1.80 bits per heavy atom. The molecule has 1 radical (unpaired) electrons. The van der Waals surface area contributed by atoms with Gasteiger partial charge in [-0.05, 0) is 0 Å². The first-order chi connectivity index (χ1) is 6.60. The third-order valence-electron chi connectivity index (χ3n) is 2.42. The minimum absolute atomic E-state index is 0.116. The van der Waals surface area contributed by atoms with Crippen molar-refractivity contribution < 1.29 is 0 Å². The number of allylic oxidation sites excluding steroid dienone is 4. The third-order valence-corrected chi connectivity index (χ3v) is 7.84. The first kappa shape index (κ1) is 13.2. The molecule has 0 fully saturated rings. The summed E-state index contributed by atoms with van der Waals surface area (Å²) >= 11 is -0.116. The van der Waals surface area contributed by atoms with Gasteiger partial charge in [0.2, 0.25) is 0 Å². The predicted molar refractivity (Wildman–Crippen MR) is 71.5 cm³/mol. The van der Waals surface area contributed by atoms with Crippen molar-refractivity contribution in [3.05, 3.63) is 21.3 Å². The second kappa shape index (κ2) is 4.19. The summed E-state index contributed by atoms with van der Waals surface area (Å²) in [4.78, 5) is 0. The fraction of sp³-hybridized carbons (Fsp3) is 0.643. The first-order valence-corrected chi connectivity index (χ1v) is 7.89. The topological polar surface area (TPSA) is 0 Å². The summed E-state index contributed by atoms with van der Waals surface area (Å²) in [6.07, 6.45) is 4.83. The van der Waals surface area contributed by atoms with E-state index in [-0.39, 0.29) is 20.5 Å². The molecule has 1 heteroatoms. The van der Waals surface area contributed by atoms with E-state index < -0.39 is 0 Å². The molecule has 0 atom stereocenters. The summed E-state index contributed by atoms with van der Waals surface area (Å²) in [7, 11) is 0. The summed E-state index contributed by atoms with van der Waals surface area (Å²) in [5, 5.41) is 0. The van der Waals surface area contributed by atoms with E-state index in [1.807, 2.05) is 0 Å². The van der Waals surface area contributed by atoms with Crippen molar-refractivity contribution in [1.82, 2.24) is 0 Å². The minimum atomic E-state index is -0.116. The van der Waals surface area contributed by atoms with E-state index in [0.717, 1.165) is 0 Å². The molecule has 0 aromatic rings. The van der Waals surface area contributed by atoms with Gasteiger partial charge in [0.25, 0.3) is 0 Å². The molecule has 0 aliphatic carbocycles. The van der Waals surface area contributed by atoms with Crippen LogP contribution < -0.4 is 0 Å². The molecule has 0 saturated heterocycles. The van der Waals surface area contributed by atoms with Gasteiger partial charge in [-0.3, -0.25) is 0 Å². The molecule has 0 N–H and O–H groups in total. The fourth-order valence-corrected chi connectivity index (χ4v) is 5.19. The van der Waals surface area contributed by atoms with E-state index in [1.54, 1.807) is 7.17 Å². The van der Waals surface area contributed by atoms with Crippen molar-refractivity contribution in [2.75, 3.05) is 0 Å². The Bertz CT molecular complexity index is 326. The van der Waals surface area contributed by atoms with Gasteiger partial charge < -0.3 is 0 Å². The average Bonchev–Trinajstić information content (AvgIpc) is 1.99. The average molecular weight is 319 g/mol. The van der Waals surface area contributed by atoms with E-state index in [9.17, 15) is 0 Å². The van der Waals surface area contributed by atoms with Crippen LogP contribution in [-0.4, -0.2) is 24.0 Å². The summed E-state index contributed by atoms with van der Waals surface area (Å²) in [6.45, 7) is 16.2. The molecular weight excluding hydrogens is 296 g/mol. The third kappa shape index (κ3) is 3.58. The van der Waals surface area contributed by atoms with Gasteiger partial charge in [0.15, 0.2) is 0 Å². The summed E-state index contributed by atoms with van der Waals surface area (Å²) in [5.41, 5.74) is 2.14. The van der Waals surface area contributed by atoms with Crippen molar-refractivity contribution in [1.29, 1.82) is 0 Å². The zero-order chi connectivity index (χ0) is 11.9. The van der Waals surface area contributed by atoms with Crippen LogP contribution in [0.15, 0.2) is 21.3 Å². The van der Waals surface area contributed by atoms with Crippen LogP contribution in [0.2, 0.25) is 0 Å². The van der Waals surface area contributed by atoms with Crippen LogP contribution in [0.1, 0.15) is 48.5 Å². The Morgan fingerprint density at radius 2 is 1.40 bits per heavy atom. The monoisotopic (exact) mass is 321 g/mol. The van der Waals surface area contributed by atoms with Crippen molar-refractivity contribution in [2.24, 2.45) is 10.8 Å². The van der Waals surface area contributed by atoms with Gasteiger partial charge in [-0.25, -0.2) is 0 Å². The van der Waals surface area contributed by atoms with Crippen LogP contribution in [0.25, 0.3) is 0 Å². The van der Waals surface area contributed by atoms with Crippen LogP contribution in [-0.2, 0) is 0 Å². The van der Waals surface area contributed by atoms with Crippen molar-refractivity contribution in [3.63, 3.8) is 0 Å². The SMILES string of the molecule is CC1=CC(C(C)(C)C)=[Te]C(C(C)(C)C)=C1. The molecule has 1 heterocycles. The van der Waals surface area contributed by atoms with Gasteiger partial charge in [-0.2, -0.15) is 0 Å². The zero-order valence-electron chi connectivity index (χ0n) is 11.1. The van der Waals surface area contributed by atoms with Crippen molar-refractivity contribution in [3.8, 4) is 0 Å². The van der Waals surface area contributed by atoms with Gasteiger partial charge in [0.1, 0.15) is 0 Å². The van der Waals surface area contributed by atoms with Crippen LogP contribution in [0, 0.1) is 10.8 Å². The van der Waals surface area contributed by atoms with Crippen LogP contribution in [0.3, 0.4) is 0 Å². The van der Waals surface area contributed by atoms with Gasteiger partial charge in [0, 0.05) is 0 Å². The maximum atomic E-state index is 2.41. The van der Waals surface area contributed by atoms with E-state index in [0.29, 0.717) is 10.8 Å². The van der Waals surface area contributed by atoms with Gasteiger partial charge in [-0.15, -0.1) is 0 Å². The van der Waals surface area contributed by atoms with Crippen LogP contribution in [0.4, 0.5) is 0 Å². The van der Waals surface area contributed by atoms with Crippen molar-refractivity contribution >= 4 is 24.0 Å². The predicted octanol–water partition coefficient (Wildman–Crippen LogP) is 3.80. The van der Waals surface area contributed by atoms with Crippen molar-refractivity contribution in [2.45, 2.75) is 48.5 Å². The molecule has 0 bridgehead atoms. The molecule has 0 aromatic carbocycles. The van der Waals surface area contributed by atoms with E-state index in [1.165, 1.54) is 5.57 Å². The molecule has 0 unspecified atom stereocenters. The number of hydrogen-bond donors (Lipinski definition) is 0. The number of hydrogen-bond acceptors (Lipinski definition) is 0. The summed E-state index contributed by atoms with van der Waals surface area (Å²) in [5.74, 6) is 0. The van der Waals surface area contributed by atoms with E-state index in [4.69, 9.17) is 0 Å². The molecule has 1 aliphatic rings. The van der Waals surface area contributed by atoms with E-state index >= 15 is 0 Å². The quantitative estimate of drug-likeness (QED) is 0.596. The molecule has 0 amide bonds. The standard InChI is InChI=1S/C14H23Te/c1-10-8-11(13(2,3)4)15-12(9-10)14(5,6)7/h8-9H,1-7H3. The summed E-state index contributed by atoms with van der Waals surface area (Å²) in [6, 6.07) is 0. The number of rotatable bonds is 0. The molecule has 85 valence electrons. The van der Waals surface area contributed by atoms with Gasteiger partial charge >= 0.3 is 105 Å². The molecule has 0 spiro atoms. The molecular formula is C14H23Te. The Kier molecular flexibility index (Phi) is 3.69. The van der Waals surface area contributed by atoms with E-state index in [2.05, 4.69) is 60.6 Å². The molecule has 1 aliphatic heterocycles. The maximum absolute atomic E-state index is 2.41. The molecule has 0 saturated carbocycles. The Labute approximate surface area is 104 Å². The molecule has 15 heavy (non-hydrogen) atoms. The van der Waals surface area contributed by atoms with Gasteiger partial charge in [-0.1, -0.05) is 0 Å². The van der Waals surface area contributed by atoms with Crippen LogP contribution >= 0.6 is 0 Å². The molecule has 0 nitrogen and oxygen atoms in total. The molecule has 1 rings (SSSR count). The van der Waals surface area contributed by atoms with Crippen LogP contribution in [0.5, 0.6) is 0 Å². The second-order valence-electron chi connectivity index (χ2n) is 6.36. The first-order valence-electron chi connectivity index (χ1n) is 5.56. The summed E-state index contributed by atoms with van der Waals surface area (Å²) < 4.78 is 3.38. The second-order valence-corrected chi connectivity index (χ2v) is 9.46. The zero-order valence-corrected chi connectivity index (χ0v) is 13.4. The Morgan fingerprint density at radius 1 is 0.867 bits per heavy atom. The Balaban J connectivity index is 3.17. The Hall–Kier alpha value is 0.140.